The van der Waals surface area contributed by atoms with Crippen molar-refractivity contribution in [3.05, 3.63) is 34.6 Å². The van der Waals surface area contributed by atoms with Crippen LogP contribution in [0, 0.1) is 5.82 Å². The van der Waals surface area contributed by atoms with Crippen LogP contribution in [0.15, 0.2) is 18.2 Å². The maximum atomic E-state index is 12.8. The molecule has 0 saturated heterocycles. The molecule has 0 aliphatic heterocycles. The van der Waals surface area contributed by atoms with Crippen LogP contribution in [0.5, 0.6) is 0 Å². The van der Waals surface area contributed by atoms with Crippen molar-refractivity contribution < 1.29 is 4.39 Å². The summed E-state index contributed by atoms with van der Waals surface area (Å²) in [7, 11) is 0. The summed E-state index contributed by atoms with van der Waals surface area (Å²) in [6.07, 6.45) is 3.20. The molecule has 0 bridgehead atoms. The van der Waals surface area contributed by atoms with Crippen molar-refractivity contribution in [2.75, 3.05) is 6.54 Å². The zero-order valence-corrected chi connectivity index (χ0v) is 10.6. The van der Waals surface area contributed by atoms with Crippen molar-refractivity contribution in [2.24, 2.45) is 0 Å². The van der Waals surface area contributed by atoms with Crippen LogP contribution in [0.4, 0.5) is 4.39 Å². The van der Waals surface area contributed by atoms with Crippen LogP contribution in [0.1, 0.15) is 32.3 Å². The Morgan fingerprint density at radius 2 is 2.19 bits per heavy atom. The highest BCUT2D eigenvalue weighted by Gasteiger charge is 2.03. The predicted octanol–water partition coefficient (Wildman–Crippen LogP) is 3.80. The molecule has 1 N–H and O–H groups in total. The quantitative estimate of drug-likeness (QED) is 0.802. The maximum Gasteiger partial charge on any atom is 0.124 e. The molecule has 0 aromatic heterocycles. The molecule has 3 heteroatoms. The van der Waals surface area contributed by atoms with Crippen LogP contribution < -0.4 is 5.32 Å². The number of benzene rings is 1. The molecule has 1 unspecified atom stereocenters. The molecular weight excluding hydrogens is 225 g/mol. The second kappa shape index (κ2) is 6.87. The average molecular weight is 244 g/mol. The third-order valence-corrected chi connectivity index (χ3v) is 2.98. The van der Waals surface area contributed by atoms with Gasteiger partial charge < -0.3 is 5.32 Å². The van der Waals surface area contributed by atoms with Crippen molar-refractivity contribution in [1.29, 1.82) is 0 Å². The van der Waals surface area contributed by atoms with Gasteiger partial charge in [0.2, 0.25) is 0 Å². The largest absolute Gasteiger partial charge is 0.314 e. The fraction of sp³-hybridized carbons (Fsp3) is 0.538. The smallest absolute Gasteiger partial charge is 0.124 e. The molecular formula is C13H19ClFN. The molecule has 1 nitrogen and oxygen atoms in total. The lowest BCUT2D eigenvalue weighted by Gasteiger charge is -2.12. The van der Waals surface area contributed by atoms with Gasteiger partial charge in [0.15, 0.2) is 0 Å². The number of rotatable bonds is 6. The van der Waals surface area contributed by atoms with E-state index in [9.17, 15) is 4.39 Å². The summed E-state index contributed by atoms with van der Waals surface area (Å²) < 4.78 is 12.8. The van der Waals surface area contributed by atoms with Gasteiger partial charge >= 0.3 is 0 Å². The molecule has 16 heavy (non-hydrogen) atoms. The van der Waals surface area contributed by atoms with Crippen molar-refractivity contribution in [3.63, 3.8) is 0 Å². The molecule has 0 radical (unpaired) electrons. The highest BCUT2D eigenvalue weighted by Crippen LogP contribution is 2.17. The Labute approximate surface area is 102 Å². The first-order valence-electron chi connectivity index (χ1n) is 5.80. The Kier molecular flexibility index (Phi) is 5.78. The van der Waals surface area contributed by atoms with E-state index in [1.54, 1.807) is 6.07 Å². The van der Waals surface area contributed by atoms with Crippen LogP contribution in [0.2, 0.25) is 5.02 Å². The molecule has 0 saturated carbocycles. The lowest BCUT2D eigenvalue weighted by atomic mass is 10.1. The van der Waals surface area contributed by atoms with E-state index in [0.717, 1.165) is 18.5 Å². The lowest BCUT2D eigenvalue weighted by Crippen LogP contribution is -2.27. The highest BCUT2D eigenvalue weighted by atomic mass is 35.5. The van der Waals surface area contributed by atoms with Crippen molar-refractivity contribution >= 4 is 11.6 Å². The van der Waals surface area contributed by atoms with Gasteiger partial charge in [-0.1, -0.05) is 31.0 Å². The third-order valence-electron chi connectivity index (χ3n) is 2.62. The summed E-state index contributed by atoms with van der Waals surface area (Å²) in [4.78, 5) is 0. The Hall–Kier alpha value is -0.600. The molecule has 90 valence electrons. The van der Waals surface area contributed by atoms with Crippen molar-refractivity contribution in [1.82, 2.24) is 5.32 Å². The van der Waals surface area contributed by atoms with E-state index in [1.807, 2.05) is 0 Å². The van der Waals surface area contributed by atoms with Gasteiger partial charge in [0.1, 0.15) is 5.82 Å². The zero-order chi connectivity index (χ0) is 12.0. The van der Waals surface area contributed by atoms with Crippen LogP contribution in [0.25, 0.3) is 0 Å². The Morgan fingerprint density at radius 1 is 1.44 bits per heavy atom. The molecule has 1 atom stereocenters. The van der Waals surface area contributed by atoms with E-state index in [0.29, 0.717) is 11.1 Å². The summed E-state index contributed by atoms with van der Waals surface area (Å²) in [5.74, 6) is -0.277. The minimum Gasteiger partial charge on any atom is -0.314 e. The van der Waals surface area contributed by atoms with Gasteiger partial charge in [0.05, 0.1) is 0 Å². The van der Waals surface area contributed by atoms with Gasteiger partial charge in [-0.15, -0.1) is 0 Å². The maximum absolute atomic E-state index is 12.8. The molecule has 0 aliphatic rings. The van der Waals surface area contributed by atoms with E-state index in [1.165, 1.54) is 25.0 Å². The molecule has 0 aliphatic carbocycles. The van der Waals surface area contributed by atoms with E-state index in [2.05, 4.69) is 19.2 Å². The van der Waals surface area contributed by atoms with E-state index in [-0.39, 0.29) is 5.82 Å². The number of halogens is 2. The first-order chi connectivity index (χ1) is 7.63. The van der Waals surface area contributed by atoms with Crippen LogP contribution in [-0.4, -0.2) is 12.6 Å². The van der Waals surface area contributed by atoms with Gasteiger partial charge in [-0.05, 0) is 44.0 Å². The lowest BCUT2D eigenvalue weighted by molar-refractivity contribution is 0.512. The first kappa shape index (κ1) is 13.5. The summed E-state index contributed by atoms with van der Waals surface area (Å²) in [6.45, 7) is 5.23. The Balaban J connectivity index is 2.37. The van der Waals surface area contributed by atoms with Gasteiger partial charge in [-0.3, -0.25) is 0 Å². The topological polar surface area (TPSA) is 12.0 Å². The van der Waals surface area contributed by atoms with Gasteiger partial charge in [0.25, 0.3) is 0 Å². The minimum atomic E-state index is -0.277. The zero-order valence-electron chi connectivity index (χ0n) is 9.89. The summed E-state index contributed by atoms with van der Waals surface area (Å²) in [5.41, 5.74) is 0.999. The van der Waals surface area contributed by atoms with Gasteiger partial charge in [-0.25, -0.2) is 4.39 Å². The van der Waals surface area contributed by atoms with E-state index >= 15 is 0 Å². The molecule has 0 spiro atoms. The van der Waals surface area contributed by atoms with Gasteiger partial charge in [0, 0.05) is 11.1 Å². The third kappa shape index (κ3) is 4.50. The summed E-state index contributed by atoms with van der Waals surface area (Å²) in [6, 6.07) is 5.11. The van der Waals surface area contributed by atoms with Crippen molar-refractivity contribution in [2.45, 2.75) is 39.2 Å². The summed E-state index contributed by atoms with van der Waals surface area (Å²) in [5, 5.41) is 3.94. The van der Waals surface area contributed by atoms with Gasteiger partial charge in [-0.2, -0.15) is 0 Å². The molecule has 1 rings (SSSR count). The molecule has 0 heterocycles. The number of nitrogens with one attached hydrogen (secondary N) is 1. The van der Waals surface area contributed by atoms with Crippen LogP contribution in [0.3, 0.4) is 0 Å². The second-order valence-electron chi connectivity index (χ2n) is 4.13. The fourth-order valence-corrected chi connectivity index (χ4v) is 1.97. The fourth-order valence-electron chi connectivity index (χ4n) is 1.71. The molecule has 1 aromatic carbocycles. The van der Waals surface area contributed by atoms with Crippen LogP contribution in [-0.2, 0) is 6.42 Å². The van der Waals surface area contributed by atoms with E-state index < -0.39 is 0 Å². The predicted molar refractivity (Wildman–Crippen MR) is 67.5 cm³/mol. The monoisotopic (exact) mass is 243 g/mol. The SMILES string of the molecule is CCCC(C)NCCc1ccc(F)cc1Cl. The standard InChI is InChI=1S/C13H19ClFN/c1-3-4-10(2)16-8-7-11-5-6-12(15)9-13(11)14/h5-6,9-10,16H,3-4,7-8H2,1-2H3. The minimum absolute atomic E-state index is 0.277. The normalized spacial score (nSPS) is 12.8. The molecule has 0 fully saturated rings. The number of hydrogen-bond donors (Lipinski definition) is 1. The Bertz CT molecular complexity index is 328. The average Bonchev–Trinajstić information content (AvgIpc) is 2.22. The summed E-state index contributed by atoms with van der Waals surface area (Å²) >= 11 is 5.94. The van der Waals surface area contributed by atoms with E-state index in [4.69, 9.17) is 11.6 Å². The van der Waals surface area contributed by atoms with Crippen LogP contribution >= 0.6 is 11.6 Å². The molecule has 1 aromatic rings. The number of hydrogen-bond acceptors (Lipinski definition) is 1. The highest BCUT2D eigenvalue weighted by molar-refractivity contribution is 6.31. The van der Waals surface area contributed by atoms with Crippen molar-refractivity contribution in [3.8, 4) is 0 Å². The Morgan fingerprint density at radius 3 is 2.81 bits per heavy atom. The molecule has 0 amide bonds. The second-order valence-corrected chi connectivity index (χ2v) is 4.54. The first-order valence-corrected chi connectivity index (χ1v) is 6.18.